The van der Waals surface area contributed by atoms with E-state index in [1.807, 2.05) is 0 Å². The molecular formula is C20H21F3N2O7S. The van der Waals surface area contributed by atoms with E-state index in [0.29, 0.717) is 6.07 Å². The molecule has 2 amide bonds. The minimum absolute atomic E-state index is 0.185. The van der Waals surface area contributed by atoms with E-state index >= 15 is 0 Å². The minimum atomic E-state index is -5.43. The van der Waals surface area contributed by atoms with E-state index in [-0.39, 0.29) is 16.3 Å². The lowest BCUT2D eigenvalue weighted by molar-refractivity contribution is -0.267. The summed E-state index contributed by atoms with van der Waals surface area (Å²) in [7, 11) is -3.18. The summed E-state index contributed by atoms with van der Waals surface area (Å²) in [6.45, 7) is 2.60. The van der Waals surface area contributed by atoms with Crippen molar-refractivity contribution in [3.05, 3.63) is 53.6 Å². The van der Waals surface area contributed by atoms with Gasteiger partial charge >= 0.3 is 18.2 Å². The molecular weight excluding hydrogens is 469 g/mol. The van der Waals surface area contributed by atoms with Crippen LogP contribution >= 0.6 is 0 Å². The molecule has 0 aromatic heterocycles. The number of halogens is 3. The Hall–Kier alpha value is -3.32. The van der Waals surface area contributed by atoms with Crippen molar-refractivity contribution < 1.29 is 45.8 Å². The number of carbonyl (C=O) groups excluding carboxylic acids is 2. The monoisotopic (exact) mass is 490 g/mol. The molecule has 0 heterocycles. The average molecular weight is 490 g/mol. The first kappa shape index (κ1) is 25.9. The first-order chi connectivity index (χ1) is 15.3. The SMILES string of the molecule is CCOC(=O)[C@@](O)(c1ccc(NC(=O)NS(=O)(=O)c2ccc(C)cc2)c(OC)c1)C(F)(F)F. The Kier molecular flexibility index (Phi) is 7.60. The predicted molar refractivity (Wildman–Crippen MR) is 110 cm³/mol. The van der Waals surface area contributed by atoms with Crippen LogP contribution in [0.15, 0.2) is 47.4 Å². The summed E-state index contributed by atoms with van der Waals surface area (Å²) in [6, 6.07) is 6.70. The van der Waals surface area contributed by atoms with Crippen LogP contribution in [0.2, 0.25) is 0 Å². The summed E-state index contributed by atoms with van der Waals surface area (Å²) in [6.07, 6.45) is -5.43. The van der Waals surface area contributed by atoms with Gasteiger partial charge in [0.25, 0.3) is 15.6 Å². The number of ether oxygens (including phenoxy) is 2. The van der Waals surface area contributed by atoms with E-state index in [1.54, 1.807) is 11.6 Å². The number of aliphatic hydroxyl groups is 1. The number of methoxy groups -OCH3 is 1. The highest BCUT2D eigenvalue weighted by atomic mass is 32.2. The van der Waals surface area contributed by atoms with E-state index in [1.165, 1.54) is 31.2 Å². The molecule has 0 saturated heterocycles. The van der Waals surface area contributed by atoms with Gasteiger partial charge in [0.2, 0.25) is 0 Å². The Morgan fingerprint density at radius 2 is 1.70 bits per heavy atom. The molecule has 0 aliphatic heterocycles. The van der Waals surface area contributed by atoms with Gasteiger partial charge in [0, 0.05) is 5.56 Å². The standard InChI is InChI=1S/C20H21F3N2O7S/c1-4-32-17(26)19(28,20(21,22)23)13-7-10-15(16(11-13)31-3)24-18(27)25-33(29,30)14-8-5-12(2)6-9-14/h5-11,28H,4H2,1-3H3,(H2,24,25,27)/t19-/m0/s1. The normalized spacial score (nSPS) is 13.5. The number of alkyl halides is 3. The van der Waals surface area contributed by atoms with Crippen LogP contribution in [0, 0.1) is 6.92 Å². The summed E-state index contributed by atoms with van der Waals surface area (Å²) in [5.74, 6) is -2.33. The highest BCUT2D eigenvalue weighted by Gasteiger charge is 2.62. The fourth-order valence-corrected chi connectivity index (χ4v) is 3.61. The van der Waals surface area contributed by atoms with Crippen LogP contribution in [0.25, 0.3) is 0 Å². The molecule has 0 aliphatic rings. The Morgan fingerprint density at radius 3 is 2.21 bits per heavy atom. The lowest BCUT2D eigenvalue weighted by atomic mass is 9.92. The molecule has 2 rings (SSSR count). The molecule has 0 spiro atoms. The zero-order chi connectivity index (χ0) is 25.0. The van der Waals surface area contributed by atoms with Gasteiger partial charge in [0.05, 0.1) is 24.3 Å². The average Bonchev–Trinajstić information content (AvgIpc) is 2.72. The maximum Gasteiger partial charge on any atom is 0.432 e. The van der Waals surface area contributed by atoms with Crippen LogP contribution in [-0.2, 0) is 25.2 Å². The predicted octanol–water partition coefficient (Wildman–Crippen LogP) is 2.83. The number of aryl methyl sites for hydroxylation is 1. The molecule has 2 aromatic carbocycles. The van der Waals surface area contributed by atoms with E-state index in [0.717, 1.165) is 24.8 Å². The van der Waals surface area contributed by atoms with Crippen molar-refractivity contribution in [2.45, 2.75) is 30.5 Å². The number of nitrogens with one attached hydrogen (secondary N) is 2. The van der Waals surface area contributed by atoms with Crippen molar-refractivity contribution in [3.8, 4) is 5.75 Å². The summed E-state index contributed by atoms with van der Waals surface area (Å²) >= 11 is 0. The van der Waals surface area contributed by atoms with Crippen molar-refractivity contribution >= 4 is 27.7 Å². The van der Waals surface area contributed by atoms with Crippen molar-refractivity contribution in [3.63, 3.8) is 0 Å². The molecule has 9 nitrogen and oxygen atoms in total. The molecule has 0 unspecified atom stereocenters. The molecule has 0 aliphatic carbocycles. The Labute approximate surface area is 187 Å². The molecule has 0 radical (unpaired) electrons. The number of anilines is 1. The molecule has 0 bridgehead atoms. The number of benzene rings is 2. The Bertz CT molecular complexity index is 1140. The first-order valence-corrected chi connectivity index (χ1v) is 10.8. The smallest absolute Gasteiger partial charge is 0.432 e. The molecule has 180 valence electrons. The third-order valence-electron chi connectivity index (χ3n) is 4.41. The third kappa shape index (κ3) is 5.54. The topological polar surface area (TPSA) is 131 Å². The summed E-state index contributed by atoms with van der Waals surface area (Å²) < 4.78 is 76.3. The van der Waals surface area contributed by atoms with Gasteiger partial charge in [-0.3, -0.25) is 0 Å². The number of hydrogen-bond acceptors (Lipinski definition) is 7. The van der Waals surface area contributed by atoms with Crippen LogP contribution in [0.1, 0.15) is 18.1 Å². The lowest BCUT2D eigenvalue weighted by Crippen LogP contribution is -2.50. The number of rotatable bonds is 7. The molecule has 1 atom stereocenters. The maximum absolute atomic E-state index is 13.5. The quantitative estimate of drug-likeness (QED) is 0.509. The maximum atomic E-state index is 13.5. The second kappa shape index (κ2) is 9.67. The van der Waals surface area contributed by atoms with Crippen molar-refractivity contribution in [1.82, 2.24) is 4.72 Å². The summed E-state index contributed by atoms with van der Waals surface area (Å²) in [5, 5.41) is 12.3. The minimum Gasteiger partial charge on any atom is -0.495 e. The van der Waals surface area contributed by atoms with Gasteiger partial charge in [-0.15, -0.1) is 0 Å². The van der Waals surface area contributed by atoms with Gasteiger partial charge in [-0.2, -0.15) is 13.2 Å². The first-order valence-electron chi connectivity index (χ1n) is 9.31. The van der Waals surface area contributed by atoms with Gasteiger partial charge in [-0.25, -0.2) is 22.7 Å². The van der Waals surface area contributed by atoms with Crippen LogP contribution in [0.3, 0.4) is 0 Å². The number of amides is 2. The highest BCUT2D eigenvalue weighted by Crippen LogP contribution is 2.42. The zero-order valence-electron chi connectivity index (χ0n) is 17.7. The summed E-state index contributed by atoms with van der Waals surface area (Å²) in [5.41, 5.74) is -4.36. The molecule has 3 N–H and O–H groups in total. The van der Waals surface area contributed by atoms with E-state index in [4.69, 9.17) is 4.74 Å². The molecule has 33 heavy (non-hydrogen) atoms. The van der Waals surface area contributed by atoms with Crippen LogP contribution in [-0.4, -0.2) is 45.4 Å². The van der Waals surface area contributed by atoms with Crippen molar-refractivity contribution in [2.24, 2.45) is 0 Å². The number of esters is 1. The number of urea groups is 1. The van der Waals surface area contributed by atoms with Crippen LogP contribution < -0.4 is 14.8 Å². The lowest BCUT2D eigenvalue weighted by Gasteiger charge is -2.29. The second-order valence-corrected chi connectivity index (χ2v) is 8.40. The largest absolute Gasteiger partial charge is 0.495 e. The molecule has 2 aromatic rings. The van der Waals surface area contributed by atoms with Crippen LogP contribution in [0.4, 0.5) is 23.7 Å². The van der Waals surface area contributed by atoms with Gasteiger partial charge in [-0.05, 0) is 38.1 Å². The van der Waals surface area contributed by atoms with Gasteiger partial charge in [-0.1, -0.05) is 23.8 Å². The zero-order valence-corrected chi connectivity index (χ0v) is 18.5. The van der Waals surface area contributed by atoms with Crippen LogP contribution in [0.5, 0.6) is 5.75 Å². The van der Waals surface area contributed by atoms with Crippen molar-refractivity contribution in [1.29, 1.82) is 0 Å². The van der Waals surface area contributed by atoms with Gasteiger partial charge < -0.3 is 19.9 Å². The highest BCUT2D eigenvalue weighted by molar-refractivity contribution is 7.90. The number of hydrogen-bond donors (Lipinski definition) is 3. The van der Waals surface area contributed by atoms with E-state index in [2.05, 4.69) is 10.1 Å². The second-order valence-electron chi connectivity index (χ2n) is 6.72. The fraction of sp³-hybridized carbons (Fsp3) is 0.300. The Balaban J connectivity index is 2.33. The molecule has 0 fully saturated rings. The van der Waals surface area contributed by atoms with Crippen molar-refractivity contribution in [2.75, 3.05) is 19.0 Å². The molecule has 0 saturated carbocycles. The Morgan fingerprint density at radius 1 is 1.09 bits per heavy atom. The number of carbonyl (C=O) groups is 2. The van der Waals surface area contributed by atoms with E-state index < -0.39 is 46.0 Å². The van der Waals surface area contributed by atoms with Gasteiger partial charge in [0.1, 0.15) is 5.75 Å². The summed E-state index contributed by atoms with van der Waals surface area (Å²) in [4.78, 5) is 23.9. The van der Waals surface area contributed by atoms with Gasteiger partial charge in [0.15, 0.2) is 0 Å². The molecule has 13 heteroatoms. The number of sulfonamides is 1. The fourth-order valence-electron chi connectivity index (χ4n) is 2.70. The van der Waals surface area contributed by atoms with E-state index in [9.17, 15) is 36.3 Å². The third-order valence-corrected chi connectivity index (χ3v) is 5.75.